The van der Waals surface area contributed by atoms with Crippen LogP contribution in [-0.4, -0.2) is 34.5 Å². The third kappa shape index (κ3) is 5.67. The molecule has 3 N–H and O–H groups in total. The van der Waals surface area contributed by atoms with Crippen LogP contribution in [0.25, 0.3) is 0 Å². The molecule has 1 amide bonds. The van der Waals surface area contributed by atoms with Crippen LogP contribution in [0.3, 0.4) is 0 Å². The van der Waals surface area contributed by atoms with Gasteiger partial charge in [0.05, 0.1) is 4.90 Å². The Morgan fingerprint density at radius 2 is 1.60 bits per heavy atom. The highest BCUT2D eigenvalue weighted by molar-refractivity contribution is 7.89. The van der Waals surface area contributed by atoms with Crippen LogP contribution in [0.15, 0.2) is 53.4 Å². The lowest BCUT2D eigenvalue weighted by Crippen LogP contribution is -2.31. The Bertz CT molecular complexity index is 800. The van der Waals surface area contributed by atoms with Gasteiger partial charge >= 0.3 is 0 Å². The summed E-state index contributed by atoms with van der Waals surface area (Å²) in [6.07, 6.45) is 0. The van der Waals surface area contributed by atoms with Crippen molar-refractivity contribution in [3.63, 3.8) is 0 Å². The quantitative estimate of drug-likeness (QED) is 0.621. The molecule has 0 fully saturated rings. The number of sulfonamides is 1. The third-order valence-corrected chi connectivity index (χ3v) is 5.17. The zero-order valence-electron chi connectivity index (χ0n) is 14.4. The van der Waals surface area contributed by atoms with Gasteiger partial charge in [0.25, 0.3) is 5.91 Å². The summed E-state index contributed by atoms with van der Waals surface area (Å²) in [6, 6.07) is 14.0. The maximum Gasteiger partial charge on any atom is 0.251 e. The molecule has 0 heterocycles. The molecule has 0 aliphatic heterocycles. The average Bonchev–Trinajstić information content (AvgIpc) is 2.61. The van der Waals surface area contributed by atoms with E-state index in [2.05, 4.69) is 15.4 Å². The van der Waals surface area contributed by atoms with E-state index < -0.39 is 10.0 Å². The fourth-order valence-electron chi connectivity index (χ4n) is 2.23. The molecule has 0 aliphatic carbocycles. The number of hydrogen-bond donors (Lipinski definition) is 3. The summed E-state index contributed by atoms with van der Waals surface area (Å²) in [6.45, 7) is 3.31. The predicted octanol–water partition coefficient (Wildman–Crippen LogP) is 1.42. The van der Waals surface area contributed by atoms with Crippen LogP contribution < -0.4 is 15.4 Å². The molecule has 0 radical (unpaired) electrons. The smallest absolute Gasteiger partial charge is 0.251 e. The molecule has 0 saturated carbocycles. The van der Waals surface area contributed by atoms with Crippen molar-refractivity contribution in [3.05, 3.63) is 65.2 Å². The van der Waals surface area contributed by atoms with Crippen molar-refractivity contribution < 1.29 is 13.2 Å². The number of carbonyl (C=O) groups is 1. The molecule has 0 aromatic heterocycles. The molecule has 0 saturated heterocycles. The van der Waals surface area contributed by atoms with Gasteiger partial charge in [-0.3, -0.25) is 4.79 Å². The standard InChI is InChI=1S/C18H23N3O3S/c1-14-3-9-17(10-4-14)25(23,24)21-12-11-20-13-15-5-7-16(8-6-15)18(22)19-2/h3-10,20-21H,11-13H2,1-2H3,(H,19,22). The molecular weight excluding hydrogens is 338 g/mol. The highest BCUT2D eigenvalue weighted by Gasteiger charge is 2.12. The first-order valence-electron chi connectivity index (χ1n) is 8.00. The molecule has 0 bridgehead atoms. The van der Waals surface area contributed by atoms with Crippen molar-refractivity contribution in [2.75, 3.05) is 20.1 Å². The summed E-state index contributed by atoms with van der Waals surface area (Å²) in [7, 11) is -1.88. The summed E-state index contributed by atoms with van der Waals surface area (Å²) in [4.78, 5) is 11.7. The van der Waals surface area contributed by atoms with E-state index in [1.807, 2.05) is 19.1 Å². The lowest BCUT2D eigenvalue weighted by Gasteiger charge is -2.09. The molecule has 2 aromatic rings. The van der Waals surface area contributed by atoms with Gasteiger partial charge in [0.15, 0.2) is 0 Å². The van der Waals surface area contributed by atoms with E-state index in [9.17, 15) is 13.2 Å². The number of rotatable bonds is 8. The monoisotopic (exact) mass is 361 g/mol. The second kappa shape index (κ2) is 8.75. The fraction of sp³-hybridized carbons (Fsp3) is 0.278. The molecule has 0 atom stereocenters. The minimum Gasteiger partial charge on any atom is -0.355 e. The fourth-order valence-corrected chi connectivity index (χ4v) is 3.26. The topological polar surface area (TPSA) is 87.3 Å². The molecule has 0 spiro atoms. The van der Waals surface area contributed by atoms with Crippen LogP contribution in [-0.2, 0) is 16.6 Å². The maximum absolute atomic E-state index is 12.1. The first kappa shape index (κ1) is 19.1. The van der Waals surface area contributed by atoms with E-state index in [1.165, 1.54) is 0 Å². The largest absolute Gasteiger partial charge is 0.355 e. The van der Waals surface area contributed by atoms with Gasteiger partial charge in [-0.15, -0.1) is 0 Å². The predicted molar refractivity (Wildman–Crippen MR) is 97.9 cm³/mol. The summed E-state index contributed by atoms with van der Waals surface area (Å²) in [5.74, 6) is -0.120. The van der Waals surface area contributed by atoms with Crippen LogP contribution in [0.4, 0.5) is 0 Å². The Morgan fingerprint density at radius 3 is 2.20 bits per heavy atom. The van der Waals surface area contributed by atoms with Gasteiger partial charge in [-0.05, 0) is 36.8 Å². The summed E-state index contributed by atoms with van der Waals surface area (Å²) < 4.78 is 26.8. The molecular formula is C18H23N3O3S. The van der Waals surface area contributed by atoms with Gasteiger partial charge in [0.2, 0.25) is 10.0 Å². The SMILES string of the molecule is CNC(=O)c1ccc(CNCCNS(=O)(=O)c2ccc(C)cc2)cc1. The van der Waals surface area contributed by atoms with Gasteiger partial charge in [-0.1, -0.05) is 29.8 Å². The van der Waals surface area contributed by atoms with Crippen molar-refractivity contribution >= 4 is 15.9 Å². The Morgan fingerprint density at radius 1 is 0.960 bits per heavy atom. The van der Waals surface area contributed by atoms with Crippen LogP contribution in [0.2, 0.25) is 0 Å². The number of amides is 1. The third-order valence-electron chi connectivity index (χ3n) is 3.70. The van der Waals surface area contributed by atoms with Crippen LogP contribution >= 0.6 is 0 Å². The molecule has 134 valence electrons. The second-order valence-electron chi connectivity index (χ2n) is 5.66. The van der Waals surface area contributed by atoms with E-state index in [0.29, 0.717) is 25.2 Å². The minimum atomic E-state index is -3.47. The van der Waals surface area contributed by atoms with E-state index in [-0.39, 0.29) is 10.8 Å². The first-order chi connectivity index (χ1) is 11.9. The molecule has 25 heavy (non-hydrogen) atoms. The number of hydrogen-bond acceptors (Lipinski definition) is 4. The van der Waals surface area contributed by atoms with Crippen molar-refractivity contribution in [2.45, 2.75) is 18.4 Å². The Labute approximate surface area is 148 Å². The Kier molecular flexibility index (Phi) is 6.69. The first-order valence-corrected chi connectivity index (χ1v) is 9.49. The zero-order valence-corrected chi connectivity index (χ0v) is 15.2. The summed E-state index contributed by atoms with van der Waals surface area (Å²) >= 11 is 0. The second-order valence-corrected chi connectivity index (χ2v) is 7.43. The number of benzene rings is 2. The van der Waals surface area contributed by atoms with Crippen molar-refractivity contribution in [2.24, 2.45) is 0 Å². The van der Waals surface area contributed by atoms with Crippen molar-refractivity contribution in [3.8, 4) is 0 Å². The molecule has 0 unspecified atom stereocenters. The van der Waals surface area contributed by atoms with Crippen molar-refractivity contribution in [1.29, 1.82) is 0 Å². The molecule has 2 rings (SSSR count). The van der Waals surface area contributed by atoms with Crippen LogP contribution in [0.1, 0.15) is 21.5 Å². The summed E-state index contributed by atoms with van der Waals surface area (Å²) in [5.41, 5.74) is 2.65. The number of aryl methyl sites for hydroxylation is 1. The van der Waals surface area contributed by atoms with E-state index in [4.69, 9.17) is 0 Å². The lowest BCUT2D eigenvalue weighted by atomic mass is 10.1. The minimum absolute atomic E-state index is 0.120. The van der Waals surface area contributed by atoms with E-state index in [1.54, 1.807) is 43.4 Å². The highest BCUT2D eigenvalue weighted by atomic mass is 32.2. The van der Waals surface area contributed by atoms with Crippen LogP contribution in [0, 0.1) is 6.92 Å². The lowest BCUT2D eigenvalue weighted by molar-refractivity contribution is 0.0963. The van der Waals surface area contributed by atoms with Crippen molar-refractivity contribution in [1.82, 2.24) is 15.4 Å². The normalized spacial score (nSPS) is 11.3. The molecule has 6 nitrogen and oxygen atoms in total. The van der Waals surface area contributed by atoms with Gasteiger partial charge in [-0.2, -0.15) is 0 Å². The molecule has 0 aliphatic rings. The Balaban J connectivity index is 1.76. The summed E-state index contributed by atoms with van der Waals surface area (Å²) in [5, 5.41) is 5.74. The number of carbonyl (C=O) groups excluding carboxylic acids is 1. The van der Waals surface area contributed by atoms with Gasteiger partial charge in [0.1, 0.15) is 0 Å². The Hall–Kier alpha value is -2.22. The van der Waals surface area contributed by atoms with Gasteiger partial charge < -0.3 is 10.6 Å². The number of nitrogens with one attached hydrogen (secondary N) is 3. The van der Waals surface area contributed by atoms with Crippen LogP contribution in [0.5, 0.6) is 0 Å². The molecule has 2 aromatic carbocycles. The molecule has 7 heteroatoms. The van der Waals surface area contributed by atoms with E-state index >= 15 is 0 Å². The zero-order chi connectivity index (χ0) is 18.3. The highest BCUT2D eigenvalue weighted by Crippen LogP contribution is 2.09. The average molecular weight is 361 g/mol. The van der Waals surface area contributed by atoms with Gasteiger partial charge in [0, 0.05) is 32.2 Å². The maximum atomic E-state index is 12.1. The van der Waals surface area contributed by atoms with Gasteiger partial charge in [-0.25, -0.2) is 13.1 Å². The van der Waals surface area contributed by atoms with E-state index in [0.717, 1.165) is 11.1 Å².